The minimum atomic E-state index is -4.23. The first-order valence-electron chi connectivity index (χ1n) is 11.2. The van der Waals surface area contributed by atoms with Gasteiger partial charge in [-0.15, -0.1) is 0 Å². The zero-order valence-electron chi connectivity index (χ0n) is 19.2. The van der Waals surface area contributed by atoms with E-state index in [0.29, 0.717) is 13.0 Å². The van der Waals surface area contributed by atoms with Crippen LogP contribution in [0.5, 0.6) is 0 Å². The highest BCUT2D eigenvalue weighted by Gasteiger charge is 2.27. The Balaban J connectivity index is 1.60. The number of hydrogen-bond donors (Lipinski definition) is 2. The van der Waals surface area contributed by atoms with Crippen LogP contribution in [0.25, 0.3) is 0 Å². The standard InChI is InChI=1S/C26H30FN3O3S/c1-30(20-22-13-6-3-7-14-22)18-10-17-28-26(31)24(19-21-11-4-2-5-12-21)29-34(32,33)25-16-9-8-15-23(25)27/h2-9,11-16,24,29H,10,17-20H2,1H3,(H,28,31). The first kappa shape index (κ1) is 25.6. The second kappa shape index (κ2) is 12.4. The number of hydrogen-bond acceptors (Lipinski definition) is 4. The quantitative estimate of drug-likeness (QED) is 0.387. The number of benzene rings is 3. The number of halogens is 1. The fourth-order valence-corrected chi connectivity index (χ4v) is 4.88. The molecule has 1 unspecified atom stereocenters. The van der Waals surface area contributed by atoms with Crippen molar-refractivity contribution >= 4 is 15.9 Å². The Morgan fingerprint density at radius 3 is 2.15 bits per heavy atom. The van der Waals surface area contributed by atoms with Gasteiger partial charge in [-0.1, -0.05) is 72.8 Å². The molecule has 0 bridgehead atoms. The minimum absolute atomic E-state index is 0.147. The van der Waals surface area contributed by atoms with Gasteiger partial charge in [0.1, 0.15) is 16.8 Å². The van der Waals surface area contributed by atoms with Gasteiger partial charge in [0.15, 0.2) is 0 Å². The highest BCUT2D eigenvalue weighted by molar-refractivity contribution is 7.89. The molecule has 0 radical (unpaired) electrons. The van der Waals surface area contributed by atoms with Crippen LogP contribution in [0.15, 0.2) is 89.8 Å². The van der Waals surface area contributed by atoms with Crippen molar-refractivity contribution in [3.8, 4) is 0 Å². The Morgan fingerprint density at radius 2 is 1.50 bits per heavy atom. The van der Waals surface area contributed by atoms with Crippen LogP contribution in [0.2, 0.25) is 0 Å². The van der Waals surface area contributed by atoms with E-state index in [1.807, 2.05) is 55.6 Å². The molecule has 0 aliphatic rings. The van der Waals surface area contributed by atoms with Gasteiger partial charge in [0.2, 0.25) is 15.9 Å². The van der Waals surface area contributed by atoms with Crippen molar-refractivity contribution in [3.63, 3.8) is 0 Å². The Bertz CT molecular complexity index is 1160. The van der Waals surface area contributed by atoms with Gasteiger partial charge in [-0.2, -0.15) is 4.72 Å². The molecule has 0 heterocycles. The molecule has 1 atom stereocenters. The molecule has 34 heavy (non-hydrogen) atoms. The van der Waals surface area contributed by atoms with E-state index >= 15 is 0 Å². The first-order valence-corrected chi connectivity index (χ1v) is 12.6. The maximum absolute atomic E-state index is 14.1. The number of sulfonamides is 1. The van der Waals surface area contributed by atoms with E-state index in [1.165, 1.54) is 23.8 Å². The van der Waals surface area contributed by atoms with Crippen molar-refractivity contribution in [2.75, 3.05) is 20.1 Å². The van der Waals surface area contributed by atoms with Gasteiger partial charge < -0.3 is 10.2 Å². The number of carbonyl (C=O) groups is 1. The van der Waals surface area contributed by atoms with E-state index in [2.05, 4.69) is 27.1 Å². The van der Waals surface area contributed by atoms with E-state index < -0.39 is 32.7 Å². The van der Waals surface area contributed by atoms with Crippen LogP contribution in [-0.4, -0.2) is 45.4 Å². The van der Waals surface area contributed by atoms with Crippen LogP contribution in [0.4, 0.5) is 4.39 Å². The average molecular weight is 484 g/mol. The largest absolute Gasteiger partial charge is 0.355 e. The summed E-state index contributed by atoms with van der Waals surface area (Å²) in [6.07, 6.45) is 0.849. The molecule has 0 aliphatic carbocycles. The normalized spacial score (nSPS) is 12.4. The second-order valence-corrected chi connectivity index (χ2v) is 9.84. The third-order valence-electron chi connectivity index (χ3n) is 5.33. The van der Waals surface area contributed by atoms with Crippen LogP contribution >= 0.6 is 0 Å². The predicted molar refractivity (Wildman–Crippen MR) is 131 cm³/mol. The van der Waals surface area contributed by atoms with Crippen molar-refractivity contribution in [1.82, 2.24) is 14.9 Å². The molecule has 3 aromatic rings. The molecule has 6 nitrogen and oxygen atoms in total. The molecule has 2 N–H and O–H groups in total. The van der Waals surface area contributed by atoms with E-state index in [4.69, 9.17) is 0 Å². The van der Waals surface area contributed by atoms with Crippen molar-refractivity contribution < 1.29 is 17.6 Å². The third-order valence-corrected chi connectivity index (χ3v) is 6.84. The van der Waals surface area contributed by atoms with Crippen LogP contribution in [-0.2, 0) is 27.8 Å². The smallest absolute Gasteiger partial charge is 0.244 e. The number of rotatable bonds is 12. The fourth-order valence-electron chi connectivity index (χ4n) is 3.61. The highest BCUT2D eigenvalue weighted by atomic mass is 32.2. The molecule has 3 rings (SSSR count). The number of amides is 1. The van der Waals surface area contributed by atoms with Gasteiger partial charge in [0.05, 0.1) is 0 Å². The molecular formula is C26H30FN3O3S. The van der Waals surface area contributed by atoms with Crippen LogP contribution < -0.4 is 10.0 Å². The molecule has 8 heteroatoms. The van der Waals surface area contributed by atoms with Crippen molar-refractivity contribution in [1.29, 1.82) is 0 Å². The summed E-state index contributed by atoms with van der Waals surface area (Å²) >= 11 is 0. The van der Waals surface area contributed by atoms with Gasteiger partial charge in [-0.3, -0.25) is 4.79 Å². The van der Waals surface area contributed by atoms with Gasteiger partial charge in [-0.25, -0.2) is 12.8 Å². The zero-order chi connectivity index (χ0) is 24.4. The summed E-state index contributed by atoms with van der Waals surface area (Å²) in [7, 11) is -2.22. The number of carbonyl (C=O) groups excluding carboxylic acids is 1. The van der Waals surface area contributed by atoms with Crippen molar-refractivity contribution in [3.05, 3.63) is 102 Å². The molecule has 3 aromatic carbocycles. The molecule has 0 aliphatic heterocycles. The highest BCUT2D eigenvalue weighted by Crippen LogP contribution is 2.15. The third kappa shape index (κ3) is 7.76. The predicted octanol–water partition coefficient (Wildman–Crippen LogP) is 3.35. The van der Waals surface area contributed by atoms with E-state index in [1.54, 1.807) is 0 Å². The monoisotopic (exact) mass is 483 g/mol. The Morgan fingerprint density at radius 1 is 0.912 bits per heavy atom. The van der Waals surface area contributed by atoms with Gasteiger partial charge in [-0.05, 0) is 49.7 Å². The van der Waals surface area contributed by atoms with Crippen LogP contribution in [0, 0.1) is 5.82 Å². The summed E-state index contributed by atoms with van der Waals surface area (Å²) in [5.41, 5.74) is 2.00. The molecule has 0 aromatic heterocycles. The van der Waals surface area contributed by atoms with Crippen LogP contribution in [0.3, 0.4) is 0 Å². The van der Waals surface area contributed by atoms with Gasteiger partial charge in [0, 0.05) is 13.1 Å². The summed E-state index contributed by atoms with van der Waals surface area (Å²) in [5.74, 6) is -1.31. The lowest BCUT2D eigenvalue weighted by Gasteiger charge is -2.20. The second-order valence-electron chi connectivity index (χ2n) is 8.16. The summed E-state index contributed by atoms with van der Waals surface area (Å²) in [5, 5.41) is 2.82. The lowest BCUT2D eigenvalue weighted by molar-refractivity contribution is -0.122. The fraction of sp³-hybridized carbons (Fsp3) is 0.269. The minimum Gasteiger partial charge on any atom is -0.355 e. The summed E-state index contributed by atoms with van der Waals surface area (Å²) in [4.78, 5) is 14.6. The Kier molecular flexibility index (Phi) is 9.33. The van der Waals surface area contributed by atoms with Gasteiger partial charge >= 0.3 is 0 Å². The number of nitrogens with one attached hydrogen (secondary N) is 2. The van der Waals surface area contributed by atoms with E-state index in [0.717, 1.165) is 24.7 Å². The maximum atomic E-state index is 14.1. The molecule has 0 saturated heterocycles. The zero-order valence-corrected chi connectivity index (χ0v) is 20.0. The lowest BCUT2D eigenvalue weighted by Crippen LogP contribution is -2.48. The molecule has 0 saturated carbocycles. The molecule has 0 spiro atoms. The molecular weight excluding hydrogens is 453 g/mol. The molecule has 180 valence electrons. The Hall–Kier alpha value is -3.07. The van der Waals surface area contributed by atoms with E-state index in [-0.39, 0.29) is 6.42 Å². The van der Waals surface area contributed by atoms with Gasteiger partial charge in [0.25, 0.3) is 0 Å². The Labute approximate surface area is 200 Å². The van der Waals surface area contributed by atoms with Crippen molar-refractivity contribution in [2.45, 2.75) is 30.3 Å². The van der Waals surface area contributed by atoms with Crippen LogP contribution in [0.1, 0.15) is 17.5 Å². The summed E-state index contributed by atoms with van der Waals surface area (Å²) < 4.78 is 42.1. The summed E-state index contributed by atoms with van der Waals surface area (Å²) in [6, 6.07) is 23.2. The van der Waals surface area contributed by atoms with Crippen molar-refractivity contribution in [2.24, 2.45) is 0 Å². The average Bonchev–Trinajstić information content (AvgIpc) is 2.82. The SMILES string of the molecule is CN(CCCNC(=O)C(Cc1ccccc1)NS(=O)(=O)c1ccccc1F)Cc1ccccc1. The molecule has 0 fully saturated rings. The maximum Gasteiger partial charge on any atom is 0.244 e. The summed E-state index contributed by atoms with van der Waals surface area (Å²) in [6.45, 7) is 1.96. The number of nitrogens with zero attached hydrogens (tertiary/aromatic N) is 1. The molecule has 1 amide bonds. The lowest BCUT2D eigenvalue weighted by atomic mass is 10.1. The first-order chi connectivity index (χ1) is 16.3. The topological polar surface area (TPSA) is 78.5 Å². The van der Waals surface area contributed by atoms with E-state index in [9.17, 15) is 17.6 Å².